The van der Waals surface area contributed by atoms with Crippen LogP contribution in [0, 0.1) is 17.8 Å². The van der Waals surface area contributed by atoms with Gasteiger partial charge in [-0.2, -0.15) is 0 Å². The topological polar surface area (TPSA) is 35.5 Å². The van der Waals surface area contributed by atoms with Crippen LogP contribution < -0.4 is 0 Å². The number of hydrogen-bond acceptors (Lipinski definition) is 3. The maximum Gasteiger partial charge on any atom is 0.302 e. The van der Waals surface area contributed by atoms with Gasteiger partial charge >= 0.3 is 5.97 Å². The van der Waals surface area contributed by atoms with Crippen LogP contribution in [-0.2, 0) is 20.9 Å². The molecular formula is C23H30O3. The van der Waals surface area contributed by atoms with E-state index in [2.05, 4.69) is 37.3 Å². The Morgan fingerprint density at radius 2 is 2.04 bits per heavy atom. The van der Waals surface area contributed by atoms with E-state index in [1.54, 1.807) is 0 Å². The fraction of sp³-hybridized carbons (Fsp3) is 0.522. The van der Waals surface area contributed by atoms with E-state index in [-0.39, 0.29) is 12.1 Å². The number of fused-ring (bicyclic) bond motifs is 1. The molecule has 0 amide bonds. The number of hydrogen-bond donors (Lipinski definition) is 0. The molecule has 4 unspecified atom stereocenters. The van der Waals surface area contributed by atoms with E-state index in [9.17, 15) is 4.79 Å². The Balaban J connectivity index is 1.54. The highest BCUT2D eigenvalue weighted by molar-refractivity contribution is 5.66. The molecule has 0 aliphatic heterocycles. The standard InChI is InChI=1S/C23H30O3/c1-17-13-14-20-10-6-12-22(26-18(2)24)23(20)21(17)11-7-15-25-16-19-8-4-3-5-9-19/h3-5,8-10,13-14,17,21-23H,6-7,11-12,15-16H2,1-2H3. The summed E-state index contributed by atoms with van der Waals surface area (Å²) in [5, 5.41) is 0. The Kier molecular flexibility index (Phi) is 6.67. The molecule has 2 aliphatic carbocycles. The fourth-order valence-electron chi connectivity index (χ4n) is 4.35. The van der Waals surface area contributed by atoms with Crippen molar-refractivity contribution in [3.8, 4) is 0 Å². The minimum Gasteiger partial charge on any atom is -0.462 e. The van der Waals surface area contributed by atoms with Gasteiger partial charge in [0, 0.05) is 19.4 Å². The predicted molar refractivity (Wildman–Crippen MR) is 103 cm³/mol. The Bertz CT molecular complexity index is 647. The van der Waals surface area contributed by atoms with Crippen LogP contribution in [0.5, 0.6) is 0 Å². The summed E-state index contributed by atoms with van der Waals surface area (Å²) in [5.74, 6) is 1.18. The summed E-state index contributed by atoms with van der Waals surface area (Å²) in [6.07, 6.45) is 11.0. The van der Waals surface area contributed by atoms with Crippen molar-refractivity contribution in [3.63, 3.8) is 0 Å². The van der Waals surface area contributed by atoms with Gasteiger partial charge in [-0.25, -0.2) is 0 Å². The fourth-order valence-corrected chi connectivity index (χ4v) is 4.35. The van der Waals surface area contributed by atoms with Crippen LogP contribution in [0.3, 0.4) is 0 Å². The van der Waals surface area contributed by atoms with Crippen molar-refractivity contribution in [2.75, 3.05) is 6.61 Å². The van der Waals surface area contributed by atoms with Gasteiger partial charge in [-0.05, 0) is 48.7 Å². The summed E-state index contributed by atoms with van der Waals surface area (Å²) >= 11 is 0. The van der Waals surface area contributed by atoms with Crippen LogP contribution in [0.1, 0.15) is 45.1 Å². The molecule has 0 radical (unpaired) electrons. The SMILES string of the molecule is CC(=O)OC1CCC=C2C=CC(C)C(CCCOCc3ccccc3)C21. The second-order valence-electron chi connectivity index (χ2n) is 7.52. The normalized spacial score (nSPS) is 27.5. The second kappa shape index (κ2) is 9.18. The van der Waals surface area contributed by atoms with Crippen LogP contribution in [-0.4, -0.2) is 18.7 Å². The van der Waals surface area contributed by atoms with Crippen LogP contribution in [0.25, 0.3) is 0 Å². The summed E-state index contributed by atoms with van der Waals surface area (Å²) in [4.78, 5) is 11.5. The number of carbonyl (C=O) groups excluding carboxylic acids is 1. The molecule has 0 saturated heterocycles. The van der Waals surface area contributed by atoms with Crippen LogP contribution >= 0.6 is 0 Å². The molecule has 3 nitrogen and oxygen atoms in total. The van der Waals surface area contributed by atoms with Gasteiger partial charge in [0.15, 0.2) is 0 Å². The van der Waals surface area contributed by atoms with E-state index in [1.165, 1.54) is 18.1 Å². The van der Waals surface area contributed by atoms with E-state index in [0.717, 1.165) is 32.3 Å². The lowest BCUT2D eigenvalue weighted by molar-refractivity contribution is -0.150. The first-order valence-corrected chi connectivity index (χ1v) is 9.82. The summed E-state index contributed by atoms with van der Waals surface area (Å²) in [5.41, 5.74) is 2.57. The van der Waals surface area contributed by atoms with Crippen LogP contribution in [0.4, 0.5) is 0 Å². The molecule has 0 aromatic heterocycles. The molecule has 0 N–H and O–H groups in total. The molecule has 0 spiro atoms. The first kappa shape index (κ1) is 18.9. The van der Waals surface area contributed by atoms with E-state index in [1.807, 2.05) is 18.2 Å². The van der Waals surface area contributed by atoms with Crippen molar-refractivity contribution < 1.29 is 14.3 Å². The molecule has 0 fully saturated rings. The van der Waals surface area contributed by atoms with Gasteiger partial charge in [0.05, 0.1) is 6.61 Å². The number of benzene rings is 1. The third-order valence-electron chi connectivity index (χ3n) is 5.60. The van der Waals surface area contributed by atoms with Gasteiger partial charge in [-0.3, -0.25) is 4.79 Å². The van der Waals surface area contributed by atoms with Crippen molar-refractivity contribution in [1.82, 2.24) is 0 Å². The van der Waals surface area contributed by atoms with E-state index < -0.39 is 0 Å². The lowest BCUT2D eigenvalue weighted by Gasteiger charge is -2.41. The quantitative estimate of drug-likeness (QED) is 0.506. The minimum absolute atomic E-state index is 0.0233. The number of allylic oxidation sites excluding steroid dienone is 3. The Morgan fingerprint density at radius 3 is 2.81 bits per heavy atom. The highest BCUT2D eigenvalue weighted by Crippen LogP contribution is 2.43. The van der Waals surface area contributed by atoms with Crippen molar-refractivity contribution in [1.29, 1.82) is 0 Å². The zero-order valence-electron chi connectivity index (χ0n) is 15.9. The third-order valence-corrected chi connectivity index (χ3v) is 5.60. The van der Waals surface area contributed by atoms with Gasteiger partial charge in [0.25, 0.3) is 0 Å². The lowest BCUT2D eigenvalue weighted by Crippen LogP contribution is -2.39. The number of rotatable bonds is 7. The van der Waals surface area contributed by atoms with Gasteiger partial charge in [0.1, 0.15) is 6.10 Å². The summed E-state index contributed by atoms with van der Waals surface area (Å²) < 4.78 is 11.5. The highest BCUT2D eigenvalue weighted by atomic mass is 16.5. The monoisotopic (exact) mass is 354 g/mol. The Morgan fingerprint density at radius 1 is 1.23 bits per heavy atom. The summed E-state index contributed by atoms with van der Waals surface area (Å²) in [6, 6.07) is 10.3. The maximum atomic E-state index is 11.5. The Hall–Kier alpha value is -1.87. The first-order valence-electron chi connectivity index (χ1n) is 9.82. The maximum absolute atomic E-state index is 11.5. The lowest BCUT2D eigenvalue weighted by atomic mass is 9.67. The minimum atomic E-state index is -0.164. The first-order chi connectivity index (χ1) is 12.6. The van der Waals surface area contributed by atoms with Crippen molar-refractivity contribution >= 4 is 5.97 Å². The molecule has 0 saturated carbocycles. The van der Waals surface area contributed by atoms with Gasteiger partial charge in [0.2, 0.25) is 0 Å². The summed E-state index contributed by atoms with van der Waals surface area (Å²) in [7, 11) is 0. The van der Waals surface area contributed by atoms with Crippen LogP contribution in [0.2, 0.25) is 0 Å². The van der Waals surface area contributed by atoms with Gasteiger partial charge < -0.3 is 9.47 Å². The molecule has 26 heavy (non-hydrogen) atoms. The van der Waals surface area contributed by atoms with E-state index in [4.69, 9.17) is 9.47 Å². The van der Waals surface area contributed by atoms with Crippen molar-refractivity contribution in [3.05, 3.63) is 59.7 Å². The van der Waals surface area contributed by atoms with E-state index >= 15 is 0 Å². The molecule has 140 valence electrons. The molecular weight excluding hydrogens is 324 g/mol. The zero-order chi connectivity index (χ0) is 18.4. The molecule has 0 bridgehead atoms. The van der Waals surface area contributed by atoms with Gasteiger partial charge in [-0.15, -0.1) is 0 Å². The van der Waals surface area contributed by atoms with Crippen LogP contribution in [0.15, 0.2) is 54.1 Å². The molecule has 1 aromatic carbocycles. The predicted octanol–water partition coefficient (Wildman–Crippen LogP) is 5.07. The molecule has 2 aliphatic rings. The number of esters is 1. The van der Waals surface area contributed by atoms with Crippen molar-refractivity contribution in [2.24, 2.45) is 17.8 Å². The smallest absolute Gasteiger partial charge is 0.302 e. The molecule has 3 rings (SSSR count). The Labute approximate surface area is 157 Å². The molecule has 1 aromatic rings. The molecule has 3 heteroatoms. The highest BCUT2D eigenvalue weighted by Gasteiger charge is 2.39. The summed E-state index contributed by atoms with van der Waals surface area (Å²) in [6.45, 7) is 5.24. The third kappa shape index (κ3) is 4.85. The molecule has 0 heterocycles. The number of carbonyl (C=O) groups is 1. The second-order valence-corrected chi connectivity index (χ2v) is 7.52. The number of ether oxygens (including phenoxy) is 2. The van der Waals surface area contributed by atoms with Crippen molar-refractivity contribution in [2.45, 2.75) is 52.2 Å². The van der Waals surface area contributed by atoms with Gasteiger partial charge in [-0.1, -0.05) is 55.5 Å². The average Bonchev–Trinajstić information content (AvgIpc) is 2.63. The van der Waals surface area contributed by atoms with E-state index in [0.29, 0.717) is 24.4 Å². The molecule has 4 atom stereocenters. The zero-order valence-corrected chi connectivity index (χ0v) is 15.9. The largest absolute Gasteiger partial charge is 0.462 e. The average molecular weight is 354 g/mol.